The molecule has 0 aromatic heterocycles. The van der Waals surface area contributed by atoms with E-state index in [0.717, 1.165) is 40.7 Å². The number of alkyl halides is 5. The average Bonchev–Trinajstić information content (AvgIpc) is 3.00. The van der Waals surface area contributed by atoms with Gasteiger partial charge in [0.2, 0.25) is 0 Å². The SMILES string of the molecule is O=C(O)C12CCC([C@H]3CN(S(=O)(=O)c4cccc(C(F)(F)F)c4)c4cc(-c5cc(F)cc(OC(F)F)c5)ccc4O3)(CC1)CC2. The monoisotopic (exact) mass is 655 g/mol. The lowest BCUT2D eigenvalue weighted by atomic mass is 9.52. The summed E-state index contributed by atoms with van der Waals surface area (Å²) in [5, 5.41) is 9.82. The van der Waals surface area contributed by atoms with Crippen LogP contribution in [0.1, 0.15) is 44.1 Å². The van der Waals surface area contributed by atoms with E-state index in [1.807, 2.05) is 0 Å². The standard InChI is InChI=1S/C31H27F6NO6S/c32-21-12-19(13-22(16-21)43-28(33)34)18-4-5-25-24(14-18)38(45(41,42)23-3-1-2-20(15-23)31(35,36)37)17-26(44-25)29-6-9-30(10-7-29,11-8-29)27(39)40/h1-5,12-16,26,28H,6-11,17H2,(H,39,40)/t26-,29?,30?/m1/s1. The van der Waals surface area contributed by atoms with E-state index in [9.17, 15) is 44.7 Å². The molecule has 3 aromatic carbocycles. The Kier molecular flexibility index (Phi) is 7.49. The fourth-order valence-electron chi connectivity index (χ4n) is 6.86. The molecule has 0 saturated heterocycles. The molecule has 0 unspecified atom stereocenters. The van der Waals surface area contributed by atoms with E-state index in [1.54, 1.807) is 0 Å². The van der Waals surface area contributed by atoms with Crippen molar-refractivity contribution in [2.24, 2.45) is 10.8 Å². The van der Waals surface area contributed by atoms with E-state index in [4.69, 9.17) is 4.74 Å². The lowest BCUT2D eigenvalue weighted by Gasteiger charge is -2.55. The first-order valence-corrected chi connectivity index (χ1v) is 15.6. The number of ether oxygens (including phenoxy) is 2. The highest BCUT2D eigenvalue weighted by Crippen LogP contribution is 2.60. The minimum absolute atomic E-state index is 0.0374. The van der Waals surface area contributed by atoms with Gasteiger partial charge in [0.15, 0.2) is 0 Å². The van der Waals surface area contributed by atoms with Crippen molar-refractivity contribution in [3.8, 4) is 22.6 Å². The number of anilines is 1. The van der Waals surface area contributed by atoms with Crippen molar-refractivity contribution >= 4 is 21.7 Å². The summed E-state index contributed by atoms with van der Waals surface area (Å²) in [6, 6.07) is 10.6. The normalized spacial score (nSPS) is 24.7. The molecule has 4 aliphatic rings. The molecule has 45 heavy (non-hydrogen) atoms. The van der Waals surface area contributed by atoms with Crippen LogP contribution < -0.4 is 13.8 Å². The highest BCUT2D eigenvalue weighted by Gasteiger charge is 2.57. The number of carbonyl (C=O) groups is 1. The zero-order valence-corrected chi connectivity index (χ0v) is 24.3. The average molecular weight is 656 g/mol. The first-order valence-electron chi connectivity index (χ1n) is 14.1. The number of rotatable bonds is 7. The molecule has 7 nitrogen and oxygen atoms in total. The number of nitrogens with zero attached hydrogens (tertiary/aromatic N) is 1. The van der Waals surface area contributed by atoms with Crippen LogP contribution in [0.2, 0.25) is 0 Å². The van der Waals surface area contributed by atoms with Crippen molar-refractivity contribution < 1.29 is 54.1 Å². The largest absolute Gasteiger partial charge is 0.486 e. The molecule has 0 amide bonds. The lowest BCUT2D eigenvalue weighted by Crippen LogP contribution is -2.57. The number of aliphatic carboxylic acids is 1. The Hall–Kier alpha value is -3.94. The third-order valence-electron chi connectivity index (χ3n) is 9.45. The highest BCUT2D eigenvalue weighted by atomic mass is 32.2. The van der Waals surface area contributed by atoms with Gasteiger partial charge in [0.1, 0.15) is 23.4 Å². The Bertz CT molecular complexity index is 1740. The van der Waals surface area contributed by atoms with Crippen LogP contribution in [0.25, 0.3) is 11.1 Å². The minimum atomic E-state index is -4.81. The van der Waals surface area contributed by atoms with E-state index in [0.29, 0.717) is 44.6 Å². The van der Waals surface area contributed by atoms with Gasteiger partial charge in [-0.2, -0.15) is 22.0 Å². The summed E-state index contributed by atoms with van der Waals surface area (Å²) < 4.78 is 121. The summed E-state index contributed by atoms with van der Waals surface area (Å²) in [5.74, 6) is -2.13. The second-order valence-electron chi connectivity index (χ2n) is 11.9. The van der Waals surface area contributed by atoms with Crippen LogP contribution >= 0.6 is 0 Å². The first kappa shape index (κ1) is 31.1. The third-order valence-corrected chi connectivity index (χ3v) is 11.2. The number of benzene rings is 3. The maximum atomic E-state index is 14.4. The van der Waals surface area contributed by atoms with Crippen molar-refractivity contribution in [2.45, 2.75) is 62.3 Å². The molecule has 0 spiro atoms. The molecule has 3 aliphatic carbocycles. The maximum Gasteiger partial charge on any atom is 0.416 e. The summed E-state index contributed by atoms with van der Waals surface area (Å²) in [6.45, 7) is -3.50. The van der Waals surface area contributed by atoms with Gasteiger partial charge in [-0.15, -0.1) is 0 Å². The number of halogens is 6. The van der Waals surface area contributed by atoms with Crippen molar-refractivity contribution in [1.29, 1.82) is 0 Å². The molecule has 3 saturated carbocycles. The Morgan fingerprint density at radius 1 is 0.956 bits per heavy atom. The summed E-state index contributed by atoms with van der Waals surface area (Å²) in [7, 11) is -4.65. The van der Waals surface area contributed by atoms with Gasteiger partial charge in [0, 0.05) is 11.5 Å². The van der Waals surface area contributed by atoms with Gasteiger partial charge < -0.3 is 14.6 Å². The van der Waals surface area contributed by atoms with E-state index in [1.165, 1.54) is 18.2 Å². The smallest absolute Gasteiger partial charge is 0.416 e. The molecule has 1 N–H and O–H groups in total. The van der Waals surface area contributed by atoms with Crippen LogP contribution in [0.4, 0.5) is 32.0 Å². The molecular weight excluding hydrogens is 628 g/mol. The molecule has 1 heterocycles. The second kappa shape index (κ2) is 10.8. The van der Waals surface area contributed by atoms with Gasteiger partial charge in [-0.25, -0.2) is 12.8 Å². The zero-order chi connectivity index (χ0) is 32.4. The van der Waals surface area contributed by atoms with Gasteiger partial charge in [-0.05, 0) is 92.1 Å². The molecular formula is C31H27F6NO6S. The van der Waals surface area contributed by atoms with Crippen molar-refractivity contribution in [3.63, 3.8) is 0 Å². The van der Waals surface area contributed by atoms with Crippen LogP contribution in [-0.2, 0) is 21.0 Å². The second-order valence-corrected chi connectivity index (χ2v) is 13.7. The van der Waals surface area contributed by atoms with Crippen molar-refractivity contribution in [3.05, 3.63) is 72.0 Å². The highest BCUT2D eigenvalue weighted by molar-refractivity contribution is 7.92. The topological polar surface area (TPSA) is 93.1 Å². The Morgan fingerprint density at radius 2 is 1.64 bits per heavy atom. The quantitative estimate of drug-likeness (QED) is 0.265. The van der Waals surface area contributed by atoms with E-state index >= 15 is 0 Å². The van der Waals surface area contributed by atoms with Crippen LogP contribution in [0.5, 0.6) is 11.5 Å². The number of sulfonamides is 1. The molecule has 240 valence electrons. The number of carboxylic acid groups (broad SMARTS) is 1. The third kappa shape index (κ3) is 5.57. The van der Waals surface area contributed by atoms with Gasteiger partial charge in [0.25, 0.3) is 10.0 Å². The predicted molar refractivity (Wildman–Crippen MR) is 149 cm³/mol. The van der Waals surface area contributed by atoms with Crippen molar-refractivity contribution in [1.82, 2.24) is 0 Å². The molecule has 1 aliphatic heterocycles. The number of hydrogen-bond donors (Lipinski definition) is 1. The molecule has 3 aromatic rings. The fraction of sp³-hybridized carbons (Fsp3) is 0.387. The Balaban J connectivity index is 1.44. The van der Waals surface area contributed by atoms with E-state index in [2.05, 4.69) is 4.74 Å². The van der Waals surface area contributed by atoms with Crippen LogP contribution in [0.3, 0.4) is 0 Å². The summed E-state index contributed by atoms with van der Waals surface area (Å²) in [5.41, 5.74) is -2.32. The zero-order valence-electron chi connectivity index (χ0n) is 23.5. The van der Waals surface area contributed by atoms with Gasteiger partial charge in [-0.3, -0.25) is 9.10 Å². The first-order chi connectivity index (χ1) is 21.1. The van der Waals surface area contributed by atoms with Gasteiger partial charge >= 0.3 is 18.8 Å². The maximum absolute atomic E-state index is 14.4. The molecule has 3 fully saturated rings. The molecule has 7 rings (SSSR count). The van der Waals surface area contributed by atoms with Crippen molar-refractivity contribution in [2.75, 3.05) is 10.8 Å². The predicted octanol–water partition coefficient (Wildman–Crippen LogP) is 7.49. The number of fused-ring (bicyclic) bond motifs is 4. The fourth-order valence-corrected chi connectivity index (χ4v) is 8.37. The lowest BCUT2D eigenvalue weighted by molar-refractivity contribution is -0.163. The summed E-state index contributed by atoms with van der Waals surface area (Å²) in [6.07, 6.45) is -3.01. The van der Waals surface area contributed by atoms with Gasteiger partial charge in [-0.1, -0.05) is 12.1 Å². The van der Waals surface area contributed by atoms with Crippen LogP contribution in [-0.4, -0.2) is 38.8 Å². The van der Waals surface area contributed by atoms with Gasteiger partial charge in [0.05, 0.1) is 28.1 Å². The minimum Gasteiger partial charge on any atom is -0.486 e. The van der Waals surface area contributed by atoms with E-state index < -0.39 is 67.7 Å². The Labute approximate surface area is 254 Å². The Morgan fingerprint density at radius 3 is 2.27 bits per heavy atom. The van der Waals surface area contributed by atoms with Crippen LogP contribution in [0, 0.1) is 16.6 Å². The summed E-state index contributed by atoms with van der Waals surface area (Å²) >= 11 is 0. The molecule has 0 radical (unpaired) electrons. The molecule has 2 bridgehead atoms. The van der Waals surface area contributed by atoms with E-state index in [-0.39, 0.29) is 29.1 Å². The van der Waals surface area contributed by atoms with Crippen LogP contribution in [0.15, 0.2) is 65.6 Å². The summed E-state index contributed by atoms with van der Waals surface area (Å²) in [4.78, 5) is 11.4. The molecule has 14 heteroatoms. The number of hydrogen-bond acceptors (Lipinski definition) is 5. The number of carboxylic acids is 1. The molecule has 1 atom stereocenters.